The molecule has 3 amide bonds. The number of aliphatic hydroxyl groups excluding tert-OH is 27. The van der Waals surface area contributed by atoms with Crippen molar-refractivity contribution in [1.82, 2.24) is 16.0 Å². The van der Waals surface area contributed by atoms with Crippen molar-refractivity contribution >= 4 is 17.7 Å². The van der Waals surface area contributed by atoms with Gasteiger partial charge in [-0.25, -0.2) is 0 Å². The maximum atomic E-state index is 13.4. The molecule has 0 saturated carbocycles. The maximum absolute atomic E-state index is 13.4. The quantitative estimate of drug-likeness (QED) is 0.0331. The van der Waals surface area contributed by atoms with E-state index in [-0.39, 0.29) is 0 Å². The van der Waals surface area contributed by atoms with Gasteiger partial charge in [-0.05, 0) is 6.92 Å². The van der Waals surface area contributed by atoms with E-state index in [1.54, 1.807) is 0 Å². The van der Waals surface area contributed by atoms with Gasteiger partial charge in [-0.3, -0.25) is 14.4 Å². The van der Waals surface area contributed by atoms with Crippen LogP contribution in [0.5, 0.6) is 0 Å². The van der Waals surface area contributed by atoms with Crippen molar-refractivity contribution in [2.24, 2.45) is 0 Å². The van der Waals surface area contributed by atoms with Crippen LogP contribution in [0.25, 0.3) is 0 Å². The smallest absolute Gasteiger partial charge is 0.217 e. The molecule has 0 aliphatic carbocycles. The van der Waals surface area contributed by atoms with E-state index in [2.05, 4.69) is 16.0 Å². The zero-order valence-electron chi connectivity index (χ0n) is 62.7. The Morgan fingerprint density at radius 1 is 0.274 bits per heavy atom. The molecule has 10 fully saturated rings. The van der Waals surface area contributed by atoms with Gasteiger partial charge in [-0.2, -0.15) is 0 Å². The standard InChI is InChI=1S/C65H109N3O49/c1-14-30(79)40(89)46(95)62(102-14)113-51-29(68-17(4)77)56(98)103-24(10-74)50(51)112-58-28(67-16(3)76)39(88)49(23(9-73)108-58)111-65-55(117-60-44(93)31(80)18(78)11-99-60)53(115-64-54(43(92)35(84)22(8-72)107-64)116-57-27(66-15(2)75)38(87)32(81)19(5-69)104-57)37(86)26(110-65)13-101-61-48(97)52(114-63-47(96)42(91)34(83)21(7-71)106-63)36(85)25(109-61)12-100-59-45(94)41(90)33(82)20(6-70)105-59/h14,18-65,69-74,78-98H,5-13H2,1-4H3,(H,66,75)(H,67,76)(H,68,77)/t14-,18+,19+,20+,21+,22+,23+,24+,25+,26+,27+,28+,29+,30+,31-,32+,33+,34+,35+,36+,37+,38+,39+,40+,41-,42-,43-,44+,45-,46-,47-,48-,49+,50+,51+,52-,53-,54-,55-,56+,57-,58-,59-,60-,61-,62-,63+,64+,65-/m0/s1. The number of rotatable bonds is 29. The van der Waals surface area contributed by atoms with Crippen LogP contribution in [0.4, 0.5) is 0 Å². The molecular formula is C65H109N3O49. The third-order valence-corrected chi connectivity index (χ3v) is 21.6. The largest absolute Gasteiger partial charge is 0.394 e. The Morgan fingerprint density at radius 3 is 1.16 bits per heavy atom. The Balaban J connectivity index is 1.06. The Bertz CT molecular complexity index is 3100. The summed E-state index contributed by atoms with van der Waals surface area (Å²) in [6.07, 6.45) is -97.6. The van der Waals surface area contributed by atoms with Gasteiger partial charge < -0.3 is 244 Å². The molecule has 10 rings (SSSR count). The van der Waals surface area contributed by atoms with E-state index in [0.29, 0.717) is 0 Å². The molecule has 117 heavy (non-hydrogen) atoms. The van der Waals surface area contributed by atoms with E-state index in [0.717, 1.165) is 20.8 Å². The van der Waals surface area contributed by atoms with Crippen LogP contribution in [0.1, 0.15) is 27.7 Å². The molecule has 10 heterocycles. The summed E-state index contributed by atoms with van der Waals surface area (Å²) in [5.41, 5.74) is 0. The zero-order valence-corrected chi connectivity index (χ0v) is 62.7. The van der Waals surface area contributed by atoms with Crippen molar-refractivity contribution in [1.29, 1.82) is 0 Å². The number of hydrogen-bond donors (Lipinski definition) is 30. The third kappa shape index (κ3) is 21.1. The van der Waals surface area contributed by atoms with Crippen LogP contribution in [-0.4, -0.2) is 516 Å². The Kier molecular flexibility index (Phi) is 34.0. The fraction of sp³-hybridized carbons (Fsp3) is 0.954. The molecule has 0 aromatic heterocycles. The number of aliphatic hydroxyl groups is 27. The molecule has 10 aliphatic heterocycles. The summed E-state index contributed by atoms with van der Waals surface area (Å²) < 4.78 is 114. The van der Waals surface area contributed by atoms with E-state index < -0.39 is 378 Å². The summed E-state index contributed by atoms with van der Waals surface area (Å²) in [6, 6.07) is -5.74. The lowest BCUT2D eigenvalue weighted by molar-refractivity contribution is -0.411. The normalized spacial score (nSPS) is 50.7. The van der Waals surface area contributed by atoms with E-state index in [4.69, 9.17) is 90.0 Å². The molecular weight excluding hydrogens is 1610 g/mol. The first-order chi connectivity index (χ1) is 55.3. The highest BCUT2D eigenvalue weighted by Crippen LogP contribution is 2.41. The zero-order chi connectivity index (χ0) is 85.9. The molecule has 30 N–H and O–H groups in total. The van der Waals surface area contributed by atoms with Crippen molar-refractivity contribution in [2.45, 2.75) is 328 Å². The first-order valence-electron chi connectivity index (χ1n) is 37.4. The van der Waals surface area contributed by atoms with Gasteiger partial charge in [0.1, 0.15) is 232 Å². The minimum Gasteiger partial charge on any atom is -0.394 e. The average Bonchev–Trinajstić information content (AvgIpc) is 0.758. The van der Waals surface area contributed by atoms with Crippen molar-refractivity contribution < 1.29 is 242 Å². The van der Waals surface area contributed by atoms with Gasteiger partial charge >= 0.3 is 0 Å². The molecule has 10 aliphatic rings. The molecule has 678 valence electrons. The number of ether oxygens (including phenoxy) is 19. The van der Waals surface area contributed by atoms with E-state index in [1.807, 2.05) is 0 Å². The van der Waals surface area contributed by atoms with Gasteiger partial charge in [0.15, 0.2) is 62.9 Å². The van der Waals surface area contributed by atoms with Crippen LogP contribution in [-0.2, 0) is 104 Å². The molecule has 49 atom stereocenters. The van der Waals surface area contributed by atoms with E-state index >= 15 is 0 Å². The van der Waals surface area contributed by atoms with Gasteiger partial charge in [-0.1, -0.05) is 0 Å². The van der Waals surface area contributed by atoms with Crippen LogP contribution < -0.4 is 16.0 Å². The molecule has 52 heteroatoms. The first-order valence-corrected chi connectivity index (χ1v) is 37.4. The number of carbonyl (C=O) groups is 3. The monoisotopic (exact) mass is 1720 g/mol. The fourth-order valence-electron chi connectivity index (χ4n) is 15.1. The minimum absolute atomic E-state index is 0.873. The average molecular weight is 1720 g/mol. The number of amides is 3. The second kappa shape index (κ2) is 41.6. The van der Waals surface area contributed by atoms with Crippen LogP contribution in [0, 0.1) is 0 Å². The molecule has 0 aromatic carbocycles. The minimum atomic E-state index is -2.58. The van der Waals surface area contributed by atoms with E-state index in [9.17, 15) is 152 Å². The summed E-state index contributed by atoms with van der Waals surface area (Å²) in [4.78, 5) is 38.9. The second-order valence-electron chi connectivity index (χ2n) is 29.8. The number of hydrogen-bond acceptors (Lipinski definition) is 49. The van der Waals surface area contributed by atoms with Crippen LogP contribution >= 0.6 is 0 Å². The lowest BCUT2D eigenvalue weighted by atomic mass is 9.93. The Hall–Kier alpha value is -3.43. The highest BCUT2D eigenvalue weighted by molar-refractivity contribution is 5.74. The SMILES string of the molecule is CC(=O)N[C@@H]1[C@@H](O[C@@H]2O[C@@H](C)[C@@H](O)[C@@H](O)[C@@H]2O)[C@H](O[C@@H]2O[C@H](CO)[C@@H](O[C@@H]3O[C@H](CO[C@H]4O[C@H](CO[C@H]5O[C@H](CO)[C@@H](O)[C@H](O)[C@@H]5O)[C@@H](O)[C@H](O[C@H]5O[C@H](CO)[C@@H](O)[C@H](O)[C@@H]5O)[C@@H]4O)[C@@H](O)[C@H](O[C@H]4O[C@H](CO)[C@@H](O)[C@H](O)[C@@H]4O[C@@H]4O[C@H](CO)[C@@H](O)[C@H](O)[C@H]4NC(C)=O)[C@@H]3O[C@@H]3OC[C@@H](O)[C@H](O)[C@H]3O)[C@H](O)[C@H]2NC(C)=O)[C@@H](CO)O[C@H]1O. The van der Waals surface area contributed by atoms with Gasteiger partial charge in [0.2, 0.25) is 17.7 Å². The summed E-state index contributed by atoms with van der Waals surface area (Å²) in [5, 5.41) is 308. The predicted molar refractivity (Wildman–Crippen MR) is 357 cm³/mol. The fourth-order valence-corrected chi connectivity index (χ4v) is 15.1. The summed E-state index contributed by atoms with van der Waals surface area (Å²) >= 11 is 0. The lowest BCUT2D eigenvalue weighted by Crippen LogP contribution is -2.71. The van der Waals surface area contributed by atoms with Crippen LogP contribution in [0.15, 0.2) is 0 Å². The Labute approximate surface area is 662 Å². The third-order valence-electron chi connectivity index (χ3n) is 21.6. The first kappa shape index (κ1) is 95.8. The number of nitrogens with one attached hydrogen (secondary N) is 3. The van der Waals surface area contributed by atoms with Crippen LogP contribution in [0.2, 0.25) is 0 Å². The van der Waals surface area contributed by atoms with Gasteiger partial charge in [0.05, 0.1) is 65.6 Å². The van der Waals surface area contributed by atoms with Crippen molar-refractivity contribution in [3.63, 3.8) is 0 Å². The topological polar surface area (TPSA) is 809 Å². The Morgan fingerprint density at radius 2 is 0.624 bits per heavy atom. The molecule has 0 spiro atoms. The molecule has 10 saturated heterocycles. The van der Waals surface area contributed by atoms with Crippen molar-refractivity contribution in [2.75, 3.05) is 59.5 Å². The lowest BCUT2D eigenvalue weighted by Gasteiger charge is -2.52. The summed E-state index contributed by atoms with van der Waals surface area (Å²) in [6.45, 7) is -5.81. The predicted octanol–water partition coefficient (Wildman–Crippen LogP) is -20.7. The molecule has 0 radical (unpaired) electrons. The van der Waals surface area contributed by atoms with Crippen LogP contribution in [0.3, 0.4) is 0 Å². The van der Waals surface area contributed by atoms with Gasteiger partial charge in [-0.15, -0.1) is 0 Å². The maximum Gasteiger partial charge on any atom is 0.217 e. The summed E-state index contributed by atoms with van der Waals surface area (Å²) in [7, 11) is 0. The van der Waals surface area contributed by atoms with Crippen molar-refractivity contribution in [3.05, 3.63) is 0 Å². The highest BCUT2D eigenvalue weighted by atomic mass is 16.8. The van der Waals surface area contributed by atoms with Gasteiger partial charge in [0, 0.05) is 20.8 Å². The highest BCUT2D eigenvalue weighted by Gasteiger charge is 2.62. The summed E-state index contributed by atoms with van der Waals surface area (Å²) in [5.74, 6) is -2.81. The second-order valence-corrected chi connectivity index (χ2v) is 29.8. The van der Waals surface area contributed by atoms with E-state index in [1.165, 1.54) is 6.92 Å². The van der Waals surface area contributed by atoms with Gasteiger partial charge in [0.25, 0.3) is 0 Å². The number of carbonyl (C=O) groups excluding carboxylic acids is 3. The molecule has 52 nitrogen and oxygen atoms in total. The molecule has 0 aromatic rings. The molecule has 0 bridgehead atoms. The van der Waals surface area contributed by atoms with Crippen molar-refractivity contribution in [3.8, 4) is 0 Å². The molecule has 0 unspecified atom stereocenters.